The first-order chi connectivity index (χ1) is 11.2. The minimum atomic E-state index is -1.04. The van der Waals surface area contributed by atoms with Crippen molar-refractivity contribution in [3.63, 3.8) is 0 Å². The number of rotatable bonds is 3. The van der Waals surface area contributed by atoms with Gasteiger partial charge in [-0.25, -0.2) is 0 Å². The number of piperazine rings is 1. The Morgan fingerprint density at radius 2 is 1.96 bits per heavy atom. The molecule has 0 aliphatic carbocycles. The summed E-state index contributed by atoms with van der Waals surface area (Å²) in [4.78, 5) is 30.8. The molecule has 118 valence electrons. The molecule has 5 nitrogen and oxygen atoms in total. The number of hydrogen-bond acceptors (Lipinski definition) is 2. The Morgan fingerprint density at radius 3 is 2.70 bits per heavy atom. The fourth-order valence-corrected chi connectivity index (χ4v) is 3.77. The number of carbonyl (C=O) groups is 2. The first-order valence-electron chi connectivity index (χ1n) is 8.02. The Kier molecular flexibility index (Phi) is 3.22. The summed E-state index contributed by atoms with van der Waals surface area (Å²) in [6, 6.07) is 13.2. The smallest absolute Gasteiger partial charge is 0.255 e. The average molecular weight is 309 g/mol. The summed E-state index contributed by atoms with van der Waals surface area (Å²) < 4.78 is 0. The van der Waals surface area contributed by atoms with E-state index >= 15 is 0 Å². The van der Waals surface area contributed by atoms with Crippen molar-refractivity contribution in [2.75, 3.05) is 6.54 Å². The number of H-pyrrole nitrogens is 1. The van der Waals surface area contributed by atoms with E-state index in [1.165, 1.54) is 0 Å². The number of nitrogens with zero attached hydrogens (tertiary/aromatic N) is 1. The van der Waals surface area contributed by atoms with Crippen LogP contribution >= 0.6 is 0 Å². The molecule has 2 aromatic rings. The van der Waals surface area contributed by atoms with Gasteiger partial charge in [-0.05, 0) is 30.5 Å². The van der Waals surface area contributed by atoms with Crippen LogP contribution in [0.3, 0.4) is 0 Å². The first-order valence-corrected chi connectivity index (χ1v) is 8.02. The van der Waals surface area contributed by atoms with Gasteiger partial charge in [0.1, 0.15) is 6.04 Å². The molecule has 0 radical (unpaired) electrons. The fraction of sp³-hybridized carbons (Fsp3) is 0.333. The fourth-order valence-electron chi connectivity index (χ4n) is 3.77. The van der Waals surface area contributed by atoms with Gasteiger partial charge < -0.3 is 15.2 Å². The molecule has 2 aliphatic rings. The second kappa shape index (κ2) is 5.26. The molecule has 2 unspecified atom stereocenters. The number of nitrogens with one attached hydrogen (secondary N) is 2. The number of hydrogen-bond donors (Lipinski definition) is 2. The molecule has 1 aromatic carbocycles. The van der Waals surface area contributed by atoms with E-state index in [9.17, 15) is 9.59 Å². The van der Waals surface area contributed by atoms with E-state index in [0.29, 0.717) is 13.0 Å². The van der Waals surface area contributed by atoms with Crippen LogP contribution in [-0.2, 0) is 21.5 Å². The average Bonchev–Trinajstić information content (AvgIpc) is 3.25. The van der Waals surface area contributed by atoms with Gasteiger partial charge in [0.2, 0.25) is 5.91 Å². The molecular weight excluding hydrogens is 290 g/mol. The Morgan fingerprint density at radius 1 is 1.13 bits per heavy atom. The Balaban J connectivity index is 1.80. The van der Waals surface area contributed by atoms with Crippen molar-refractivity contribution >= 4 is 11.8 Å². The summed E-state index contributed by atoms with van der Waals surface area (Å²) in [5, 5.41) is 3.04. The van der Waals surface area contributed by atoms with Gasteiger partial charge in [0, 0.05) is 19.2 Å². The molecule has 2 saturated heterocycles. The second-order valence-corrected chi connectivity index (χ2v) is 6.30. The predicted octanol–water partition coefficient (Wildman–Crippen LogP) is 1.57. The molecule has 3 heterocycles. The number of amides is 2. The van der Waals surface area contributed by atoms with Crippen LogP contribution in [0.4, 0.5) is 0 Å². The van der Waals surface area contributed by atoms with Gasteiger partial charge in [0.15, 0.2) is 5.54 Å². The summed E-state index contributed by atoms with van der Waals surface area (Å²) in [5.74, 6) is -0.0569. The lowest BCUT2D eigenvalue weighted by atomic mass is 9.83. The van der Waals surface area contributed by atoms with E-state index in [-0.39, 0.29) is 17.9 Å². The maximum Gasteiger partial charge on any atom is 0.255 e. The molecule has 4 rings (SSSR count). The monoisotopic (exact) mass is 309 g/mol. The topological polar surface area (TPSA) is 65.2 Å². The number of aromatic nitrogens is 1. The molecule has 0 saturated carbocycles. The van der Waals surface area contributed by atoms with Crippen molar-refractivity contribution in [2.24, 2.45) is 0 Å². The van der Waals surface area contributed by atoms with Crippen LogP contribution in [0.2, 0.25) is 0 Å². The largest absolute Gasteiger partial charge is 0.363 e. The van der Waals surface area contributed by atoms with Gasteiger partial charge in [0.05, 0.1) is 5.69 Å². The van der Waals surface area contributed by atoms with Crippen LogP contribution in [0.1, 0.15) is 24.1 Å². The minimum absolute atomic E-state index is 0.00842. The molecule has 2 atom stereocenters. The molecule has 1 aromatic heterocycles. The molecule has 0 bridgehead atoms. The molecule has 2 aliphatic heterocycles. The van der Waals surface area contributed by atoms with E-state index < -0.39 is 5.54 Å². The quantitative estimate of drug-likeness (QED) is 0.904. The summed E-state index contributed by atoms with van der Waals surface area (Å²) in [5.41, 5.74) is 0.724. The van der Waals surface area contributed by atoms with Crippen molar-refractivity contribution in [2.45, 2.75) is 30.8 Å². The summed E-state index contributed by atoms with van der Waals surface area (Å²) in [6.07, 6.45) is 3.87. The molecule has 2 fully saturated rings. The van der Waals surface area contributed by atoms with E-state index in [1.807, 2.05) is 42.5 Å². The molecule has 5 heteroatoms. The number of aromatic amines is 1. The molecule has 2 amide bonds. The lowest BCUT2D eigenvalue weighted by Crippen LogP contribution is -2.68. The summed E-state index contributed by atoms with van der Waals surface area (Å²) >= 11 is 0. The second-order valence-electron chi connectivity index (χ2n) is 6.30. The van der Waals surface area contributed by atoms with Gasteiger partial charge in [-0.15, -0.1) is 0 Å². The van der Waals surface area contributed by atoms with E-state index in [0.717, 1.165) is 24.1 Å². The van der Waals surface area contributed by atoms with Crippen LogP contribution in [0.15, 0.2) is 48.7 Å². The van der Waals surface area contributed by atoms with Gasteiger partial charge in [0.25, 0.3) is 5.91 Å². The van der Waals surface area contributed by atoms with Crippen molar-refractivity contribution in [3.8, 4) is 0 Å². The Hall–Kier alpha value is -2.56. The minimum Gasteiger partial charge on any atom is -0.363 e. The van der Waals surface area contributed by atoms with Crippen LogP contribution in [0.25, 0.3) is 0 Å². The zero-order valence-corrected chi connectivity index (χ0v) is 12.8. The zero-order chi connectivity index (χ0) is 15.9. The molecule has 2 N–H and O–H groups in total. The third-order valence-corrected chi connectivity index (χ3v) is 4.89. The third-order valence-electron chi connectivity index (χ3n) is 4.89. The lowest BCUT2D eigenvalue weighted by Gasteiger charge is -2.43. The van der Waals surface area contributed by atoms with Gasteiger partial charge >= 0.3 is 0 Å². The first kappa shape index (κ1) is 14.1. The summed E-state index contributed by atoms with van der Waals surface area (Å²) in [7, 11) is 0. The van der Waals surface area contributed by atoms with Crippen molar-refractivity contribution in [3.05, 3.63) is 59.9 Å². The zero-order valence-electron chi connectivity index (χ0n) is 12.8. The van der Waals surface area contributed by atoms with Gasteiger partial charge in [-0.2, -0.15) is 0 Å². The van der Waals surface area contributed by atoms with Gasteiger partial charge in [-0.3, -0.25) is 9.59 Å². The van der Waals surface area contributed by atoms with Crippen LogP contribution in [-0.4, -0.2) is 34.3 Å². The number of benzene rings is 1. The summed E-state index contributed by atoms with van der Waals surface area (Å²) in [6.45, 7) is 0.661. The number of carbonyl (C=O) groups excluding carboxylic acids is 2. The van der Waals surface area contributed by atoms with Crippen molar-refractivity contribution < 1.29 is 9.59 Å². The van der Waals surface area contributed by atoms with Crippen LogP contribution in [0.5, 0.6) is 0 Å². The highest BCUT2D eigenvalue weighted by Gasteiger charge is 2.53. The standard InChI is InChI=1S/C18H19N3O2/c22-16-14-8-5-11-21(14)17(23)18(20-16,15-9-4-10-19-15)12-13-6-2-1-3-7-13/h1-4,6-7,9-10,14,19H,5,8,11-12H2,(H,20,22). The van der Waals surface area contributed by atoms with E-state index in [2.05, 4.69) is 10.3 Å². The lowest BCUT2D eigenvalue weighted by molar-refractivity contribution is -0.153. The Labute approximate surface area is 134 Å². The highest BCUT2D eigenvalue weighted by molar-refractivity contribution is 6.00. The highest BCUT2D eigenvalue weighted by Crippen LogP contribution is 2.34. The maximum atomic E-state index is 13.3. The normalized spacial score (nSPS) is 27.0. The number of fused-ring (bicyclic) bond motifs is 1. The van der Waals surface area contributed by atoms with Crippen LogP contribution in [0, 0.1) is 0 Å². The van der Waals surface area contributed by atoms with E-state index in [4.69, 9.17) is 0 Å². The van der Waals surface area contributed by atoms with E-state index in [1.54, 1.807) is 11.1 Å². The molecular formula is C18H19N3O2. The Bertz CT molecular complexity index is 726. The highest BCUT2D eigenvalue weighted by atomic mass is 16.2. The third kappa shape index (κ3) is 2.15. The maximum absolute atomic E-state index is 13.3. The predicted molar refractivity (Wildman–Crippen MR) is 85.5 cm³/mol. The molecule has 23 heavy (non-hydrogen) atoms. The van der Waals surface area contributed by atoms with Crippen LogP contribution < -0.4 is 5.32 Å². The van der Waals surface area contributed by atoms with Crippen molar-refractivity contribution in [1.29, 1.82) is 0 Å². The van der Waals surface area contributed by atoms with Crippen molar-refractivity contribution in [1.82, 2.24) is 15.2 Å². The SMILES string of the molecule is O=C1NC(Cc2ccccc2)(c2ccc[nH]2)C(=O)N2CCCC12. The van der Waals surface area contributed by atoms with Gasteiger partial charge in [-0.1, -0.05) is 30.3 Å². The molecule has 0 spiro atoms.